The summed E-state index contributed by atoms with van der Waals surface area (Å²) in [6.45, 7) is 2.61. The molecule has 0 saturated carbocycles. The number of hydrogen-bond acceptors (Lipinski definition) is 3. The van der Waals surface area contributed by atoms with Crippen LogP contribution in [0.4, 0.5) is 5.69 Å². The molecule has 0 atom stereocenters. The second-order valence-corrected chi connectivity index (χ2v) is 3.48. The maximum atomic E-state index is 5.42. The molecule has 17 heavy (non-hydrogen) atoms. The molecule has 0 heterocycles. The van der Waals surface area contributed by atoms with Crippen molar-refractivity contribution in [2.45, 2.75) is 6.92 Å². The van der Waals surface area contributed by atoms with Crippen molar-refractivity contribution in [2.24, 2.45) is 0 Å². The van der Waals surface area contributed by atoms with Gasteiger partial charge in [-0.05, 0) is 31.2 Å². The summed E-state index contributed by atoms with van der Waals surface area (Å²) < 4.78 is 5.40. The molecule has 0 radical (unpaired) electrons. The molecule has 0 spiro atoms. The lowest BCUT2D eigenvalue weighted by molar-refractivity contribution is 0.339. The van der Waals surface area contributed by atoms with E-state index in [9.17, 15) is 0 Å². The van der Waals surface area contributed by atoms with Crippen LogP contribution in [0.25, 0.3) is 0 Å². The van der Waals surface area contributed by atoms with E-state index < -0.39 is 0 Å². The Morgan fingerprint density at radius 2 is 1.71 bits per heavy atom. The minimum absolute atomic E-state index is 0.656. The fourth-order valence-electron chi connectivity index (χ4n) is 1.42. The van der Waals surface area contributed by atoms with E-state index in [1.54, 1.807) is 0 Å². The van der Waals surface area contributed by atoms with Gasteiger partial charge in [0.2, 0.25) is 0 Å². The van der Waals surface area contributed by atoms with Crippen LogP contribution in [0.1, 0.15) is 6.92 Å². The Kier molecular flexibility index (Phi) is 3.86. The number of hydrogen-bond donors (Lipinski definition) is 1. The van der Waals surface area contributed by atoms with Gasteiger partial charge in [0.05, 0.1) is 12.3 Å². The normalized spacial score (nSPS) is 9.71. The van der Waals surface area contributed by atoms with Gasteiger partial charge in [0.1, 0.15) is 5.75 Å². The summed E-state index contributed by atoms with van der Waals surface area (Å²) in [6.07, 6.45) is 0. The van der Waals surface area contributed by atoms with Gasteiger partial charge in [0.25, 0.3) is 0 Å². The first-order valence-corrected chi connectivity index (χ1v) is 5.59. The molecular formula is C14H15NO2. The second kappa shape index (κ2) is 5.80. The lowest BCUT2D eigenvalue weighted by Gasteiger charge is -2.09. The fraction of sp³-hybridized carbons (Fsp3) is 0.143. The number of rotatable bonds is 5. The smallest absolute Gasteiger partial charge is 0.155 e. The quantitative estimate of drug-likeness (QED) is 0.796. The lowest BCUT2D eigenvalue weighted by atomic mass is 10.3. The molecule has 3 heteroatoms. The van der Waals surface area contributed by atoms with Crippen LogP contribution < -0.4 is 15.1 Å². The van der Waals surface area contributed by atoms with Crippen LogP contribution in [-0.4, -0.2) is 6.61 Å². The standard InChI is InChI=1S/C14H15NO2/c1-2-16-14-10-6-7-12(11-14)15-17-13-8-4-3-5-9-13/h3-11,15H,2H2,1H3. The molecule has 0 aliphatic rings. The third-order valence-corrected chi connectivity index (χ3v) is 2.17. The molecule has 0 aliphatic heterocycles. The van der Waals surface area contributed by atoms with E-state index in [-0.39, 0.29) is 0 Å². The van der Waals surface area contributed by atoms with Gasteiger partial charge in [-0.15, -0.1) is 0 Å². The topological polar surface area (TPSA) is 30.5 Å². The Morgan fingerprint density at radius 3 is 2.47 bits per heavy atom. The Morgan fingerprint density at radius 1 is 0.941 bits per heavy atom. The van der Waals surface area contributed by atoms with E-state index >= 15 is 0 Å². The summed E-state index contributed by atoms with van der Waals surface area (Å²) in [6, 6.07) is 17.2. The molecular weight excluding hydrogens is 214 g/mol. The Hall–Kier alpha value is -2.16. The number of ether oxygens (including phenoxy) is 1. The van der Waals surface area contributed by atoms with Crippen LogP contribution in [0.5, 0.6) is 11.5 Å². The van der Waals surface area contributed by atoms with Gasteiger partial charge in [-0.25, -0.2) is 5.48 Å². The highest BCUT2D eigenvalue weighted by Crippen LogP contribution is 2.18. The van der Waals surface area contributed by atoms with Gasteiger partial charge in [-0.1, -0.05) is 24.3 Å². The zero-order valence-corrected chi connectivity index (χ0v) is 9.72. The van der Waals surface area contributed by atoms with Crippen molar-refractivity contribution in [1.29, 1.82) is 0 Å². The molecule has 0 aromatic heterocycles. The van der Waals surface area contributed by atoms with Crippen molar-refractivity contribution in [3.63, 3.8) is 0 Å². The molecule has 0 bridgehead atoms. The van der Waals surface area contributed by atoms with Gasteiger partial charge in [-0.3, -0.25) is 0 Å². The molecule has 2 rings (SSSR count). The van der Waals surface area contributed by atoms with Crippen LogP contribution >= 0.6 is 0 Å². The highest BCUT2D eigenvalue weighted by atomic mass is 16.6. The summed E-state index contributed by atoms with van der Waals surface area (Å²) in [5.41, 5.74) is 3.74. The van der Waals surface area contributed by atoms with Crippen molar-refractivity contribution >= 4 is 5.69 Å². The number of benzene rings is 2. The molecule has 88 valence electrons. The number of para-hydroxylation sites is 1. The van der Waals surface area contributed by atoms with Gasteiger partial charge in [-0.2, -0.15) is 0 Å². The average molecular weight is 229 g/mol. The molecule has 1 N–H and O–H groups in total. The lowest BCUT2D eigenvalue weighted by Crippen LogP contribution is -2.04. The van der Waals surface area contributed by atoms with Gasteiger partial charge >= 0.3 is 0 Å². The highest BCUT2D eigenvalue weighted by molar-refractivity contribution is 5.47. The van der Waals surface area contributed by atoms with Crippen LogP contribution in [0.3, 0.4) is 0 Å². The first kappa shape index (κ1) is 11.3. The zero-order chi connectivity index (χ0) is 11.9. The van der Waals surface area contributed by atoms with E-state index in [2.05, 4.69) is 5.48 Å². The molecule has 2 aromatic rings. The largest absolute Gasteiger partial charge is 0.494 e. The number of nitrogens with one attached hydrogen (secondary N) is 1. The maximum Gasteiger partial charge on any atom is 0.155 e. The van der Waals surface area contributed by atoms with Crippen molar-refractivity contribution < 1.29 is 9.57 Å². The maximum absolute atomic E-state index is 5.42. The van der Waals surface area contributed by atoms with Gasteiger partial charge in [0, 0.05) is 6.07 Å². The van der Waals surface area contributed by atoms with Crippen molar-refractivity contribution in [3.8, 4) is 11.5 Å². The minimum Gasteiger partial charge on any atom is -0.494 e. The molecule has 0 fully saturated rings. The second-order valence-electron chi connectivity index (χ2n) is 3.48. The summed E-state index contributed by atoms with van der Waals surface area (Å²) in [4.78, 5) is 5.42. The van der Waals surface area contributed by atoms with Crippen molar-refractivity contribution in [2.75, 3.05) is 12.1 Å². The van der Waals surface area contributed by atoms with Crippen LogP contribution in [0, 0.1) is 0 Å². The predicted octanol–water partition coefficient (Wildman–Crippen LogP) is 3.49. The Bertz CT molecular complexity index is 457. The van der Waals surface area contributed by atoms with Gasteiger partial charge in [0.15, 0.2) is 5.75 Å². The first-order chi connectivity index (χ1) is 8.38. The number of anilines is 1. The zero-order valence-electron chi connectivity index (χ0n) is 9.72. The monoisotopic (exact) mass is 229 g/mol. The van der Waals surface area contributed by atoms with E-state index in [0.717, 1.165) is 17.2 Å². The van der Waals surface area contributed by atoms with E-state index in [0.29, 0.717) is 6.61 Å². The summed E-state index contributed by atoms with van der Waals surface area (Å²) in [7, 11) is 0. The highest BCUT2D eigenvalue weighted by Gasteiger charge is 1.96. The minimum atomic E-state index is 0.656. The molecule has 0 unspecified atom stereocenters. The van der Waals surface area contributed by atoms with Crippen LogP contribution in [-0.2, 0) is 0 Å². The molecule has 0 amide bonds. The van der Waals surface area contributed by atoms with Crippen molar-refractivity contribution in [3.05, 3.63) is 54.6 Å². The molecule has 3 nitrogen and oxygen atoms in total. The summed E-state index contributed by atoms with van der Waals surface area (Å²) in [5.74, 6) is 1.60. The Balaban J connectivity index is 1.97. The SMILES string of the molecule is CCOc1cccc(NOc2ccccc2)c1. The predicted molar refractivity (Wildman–Crippen MR) is 68.3 cm³/mol. The van der Waals surface area contributed by atoms with E-state index in [4.69, 9.17) is 9.57 Å². The molecule has 2 aromatic carbocycles. The Labute approximate surface area is 101 Å². The molecule has 0 aliphatic carbocycles. The third-order valence-electron chi connectivity index (χ3n) is 2.17. The van der Waals surface area contributed by atoms with E-state index in [1.807, 2.05) is 61.5 Å². The van der Waals surface area contributed by atoms with Crippen LogP contribution in [0.2, 0.25) is 0 Å². The summed E-state index contributed by atoms with van der Waals surface area (Å²) in [5, 5.41) is 0. The fourth-order valence-corrected chi connectivity index (χ4v) is 1.42. The summed E-state index contributed by atoms with van der Waals surface area (Å²) >= 11 is 0. The average Bonchev–Trinajstić information content (AvgIpc) is 2.39. The van der Waals surface area contributed by atoms with E-state index in [1.165, 1.54) is 0 Å². The van der Waals surface area contributed by atoms with Crippen molar-refractivity contribution in [1.82, 2.24) is 0 Å². The first-order valence-electron chi connectivity index (χ1n) is 5.59. The van der Waals surface area contributed by atoms with Gasteiger partial charge < -0.3 is 9.57 Å². The molecule has 0 saturated heterocycles. The third kappa shape index (κ3) is 3.41. The van der Waals surface area contributed by atoms with Crippen LogP contribution in [0.15, 0.2) is 54.6 Å².